The van der Waals surface area contributed by atoms with Gasteiger partial charge in [0.05, 0.1) is 35.4 Å². The van der Waals surface area contributed by atoms with Gasteiger partial charge in [0.1, 0.15) is 17.6 Å². The normalized spacial score (nSPS) is 13.4. The van der Waals surface area contributed by atoms with Crippen molar-refractivity contribution in [2.45, 2.75) is 13.8 Å². The number of para-hydroxylation sites is 1. The number of carbonyl (C=O) groups excluding carboxylic acids is 1. The highest BCUT2D eigenvalue weighted by atomic mass is 16.5. The van der Waals surface area contributed by atoms with Crippen LogP contribution in [0.25, 0.3) is 0 Å². The van der Waals surface area contributed by atoms with E-state index in [1.54, 1.807) is 19.4 Å². The zero-order valence-electron chi connectivity index (χ0n) is 21.9. The van der Waals surface area contributed by atoms with Gasteiger partial charge in [-0.2, -0.15) is 10.2 Å². The molecule has 38 heavy (non-hydrogen) atoms. The Kier molecular flexibility index (Phi) is 8.40. The van der Waals surface area contributed by atoms with E-state index in [0.29, 0.717) is 40.1 Å². The van der Waals surface area contributed by atoms with Gasteiger partial charge < -0.3 is 30.5 Å². The standard InChI is InChI=1S/C28H32N8O2/c1-5-26(37)31-22-15-23(25(38-4)16-24(22)36-13-11-35(6-2)12-14-36)33-28-30-18-19(3)27(34-28)32-21-10-8-7-9-20(21)17-29/h5,7-10,15-16,18H,1,6,11-14H2,2-4H3,(H,31,37)(H2,30,32,33,34). The molecule has 10 heteroatoms. The number of piperazine rings is 1. The molecule has 0 saturated carbocycles. The summed E-state index contributed by atoms with van der Waals surface area (Å²) < 4.78 is 5.72. The molecule has 1 aliphatic heterocycles. The zero-order valence-corrected chi connectivity index (χ0v) is 21.9. The van der Waals surface area contributed by atoms with Crippen molar-refractivity contribution < 1.29 is 9.53 Å². The fraction of sp³-hybridized carbons (Fsp3) is 0.286. The van der Waals surface area contributed by atoms with Crippen LogP contribution in [0.1, 0.15) is 18.1 Å². The van der Waals surface area contributed by atoms with Crippen molar-refractivity contribution >= 4 is 40.4 Å². The van der Waals surface area contributed by atoms with Gasteiger partial charge in [0, 0.05) is 44.0 Å². The van der Waals surface area contributed by atoms with Crippen LogP contribution in [0.15, 0.2) is 55.3 Å². The summed E-state index contributed by atoms with van der Waals surface area (Å²) in [6, 6.07) is 13.2. The van der Waals surface area contributed by atoms with E-state index >= 15 is 0 Å². The van der Waals surface area contributed by atoms with Gasteiger partial charge in [-0.1, -0.05) is 25.6 Å². The quantitative estimate of drug-likeness (QED) is 0.358. The number of nitrogens with one attached hydrogen (secondary N) is 3. The molecule has 1 aromatic heterocycles. The lowest BCUT2D eigenvalue weighted by atomic mass is 10.1. The lowest BCUT2D eigenvalue weighted by molar-refractivity contribution is -0.111. The summed E-state index contributed by atoms with van der Waals surface area (Å²) in [5, 5.41) is 18.8. The maximum absolute atomic E-state index is 12.3. The highest BCUT2D eigenvalue weighted by Crippen LogP contribution is 2.39. The van der Waals surface area contributed by atoms with Crippen LogP contribution >= 0.6 is 0 Å². The Morgan fingerprint density at radius 2 is 1.92 bits per heavy atom. The van der Waals surface area contributed by atoms with Gasteiger partial charge in [-0.05, 0) is 37.7 Å². The van der Waals surface area contributed by atoms with E-state index in [-0.39, 0.29) is 5.91 Å². The van der Waals surface area contributed by atoms with E-state index in [4.69, 9.17) is 4.74 Å². The summed E-state index contributed by atoms with van der Waals surface area (Å²) in [5.41, 5.74) is 4.09. The number of rotatable bonds is 9. The molecule has 0 radical (unpaired) electrons. The Labute approximate surface area is 223 Å². The summed E-state index contributed by atoms with van der Waals surface area (Å²) in [6.07, 6.45) is 2.94. The van der Waals surface area contributed by atoms with Crippen LogP contribution in [-0.2, 0) is 4.79 Å². The number of carbonyl (C=O) groups is 1. The molecule has 1 saturated heterocycles. The first-order valence-electron chi connectivity index (χ1n) is 12.4. The predicted molar refractivity (Wildman–Crippen MR) is 151 cm³/mol. The van der Waals surface area contributed by atoms with Gasteiger partial charge in [-0.15, -0.1) is 0 Å². The number of nitriles is 1. The van der Waals surface area contributed by atoms with Gasteiger partial charge in [0.15, 0.2) is 0 Å². The first-order chi connectivity index (χ1) is 18.4. The maximum Gasteiger partial charge on any atom is 0.247 e. The third-order valence-electron chi connectivity index (χ3n) is 6.44. The summed E-state index contributed by atoms with van der Waals surface area (Å²) in [6.45, 7) is 12.2. The van der Waals surface area contributed by atoms with Crippen LogP contribution in [-0.4, -0.2) is 60.6 Å². The van der Waals surface area contributed by atoms with Gasteiger partial charge >= 0.3 is 0 Å². The Morgan fingerprint density at radius 1 is 1.16 bits per heavy atom. The van der Waals surface area contributed by atoms with Gasteiger partial charge in [-0.3, -0.25) is 4.79 Å². The van der Waals surface area contributed by atoms with Crippen molar-refractivity contribution in [3.63, 3.8) is 0 Å². The van der Waals surface area contributed by atoms with Crippen molar-refractivity contribution in [2.75, 3.05) is 60.7 Å². The molecule has 4 rings (SSSR count). The first kappa shape index (κ1) is 26.4. The molecule has 2 heterocycles. The fourth-order valence-electron chi connectivity index (χ4n) is 4.25. The number of methoxy groups -OCH3 is 1. The number of benzene rings is 2. The van der Waals surface area contributed by atoms with Crippen LogP contribution in [0.5, 0.6) is 5.75 Å². The SMILES string of the molecule is C=CC(=O)Nc1cc(Nc2ncc(C)c(Nc3ccccc3C#N)n2)c(OC)cc1N1CCN(CC)CC1. The highest BCUT2D eigenvalue weighted by molar-refractivity contribution is 6.02. The Morgan fingerprint density at radius 3 is 2.61 bits per heavy atom. The number of hydrogen-bond donors (Lipinski definition) is 3. The molecule has 0 bridgehead atoms. The fourth-order valence-corrected chi connectivity index (χ4v) is 4.25. The summed E-state index contributed by atoms with van der Waals surface area (Å²) in [4.78, 5) is 26.0. The summed E-state index contributed by atoms with van der Waals surface area (Å²) in [5.74, 6) is 1.18. The second kappa shape index (κ2) is 12.1. The lowest BCUT2D eigenvalue weighted by Crippen LogP contribution is -2.46. The number of amides is 1. The third-order valence-corrected chi connectivity index (χ3v) is 6.44. The van der Waals surface area contributed by atoms with Crippen LogP contribution in [0, 0.1) is 18.3 Å². The van der Waals surface area contributed by atoms with Crippen LogP contribution in [0.2, 0.25) is 0 Å². The minimum Gasteiger partial charge on any atom is -0.494 e. The number of likely N-dealkylation sites (N-methyl/N-ethyl adjacent to an activating group) is 1. The Hall–Kier alpha value is -4.62. The number of ether oxygens (including phenoxy) is 1. The number of aryl methyl sites for hydroxylation is 1. The molecule has 3 N–H and O–H groups in total. The van der Waals surface area contributed by atoms with Crippen molar-refractivity contribution in [2.24, 2.45) is 0 Å². The number of nitrogens with zero attached hydrogens (tertiary/aromatic N) is 5. The smallest absolute Gasteiger partial charge is 0.247 e. The number of anilines is 6. The molecule has 1 fully saturated rings. The van der Waals surface area contributed by atoms with E-state index in [0.717, 1.165) is 44.0 Å². The average molecular weight is 513 g/mol. The minimum absolute atomic E-state index is 0.302. The minimum atomic E-state index is -0.302. The van der Waals surface area contributed by atoms with Crippen molar-refractivity contribution in [1.82, 2.24) is 14.9 Å². The largest absolute Gasteiger partial charge is 0.494 e. The van der Waals surface area contributed by atoms with Crippen molar-refractivity contribution in [1.29, 1.82) is 5.26 Å². The Balaban J connectivity index is 1.66. The van der Waals surface area contributed by atoms with Crippen LogP contribution in [0.3, 0.4) is 0 Å². The molecule has 196 valence electrons. The molecule has 1 amide bonds. The van der Waals surface area contributed by atoms with E-state index < -0.39 is 0 Å². The van der Waals surface area contributed by atoms with Gasteiger partial charge in [0.25, 0.3) is 0 Å². The zero-order chi connectivity index (χ0) is 27.1. The average Bonchev–Trinajstić information content (AvgIpc) is 2.95. The van der Waals surface area contributed by atoms with Gasteiger partial charge in [-0.25, -0.2) is 4.98 Å². The van der Waals surface area contributed by atoms with E-state index in [2.05, 4.69) is 55.3 Å². The topological polar surface area (TPSA) is 118 Å². The molecule has 0 atom stereocenters. The molecule has 3 aromatic rings. The molecule has 2 aromatic carbocycles. The predicted octanol–water partition coefficient (Wildman–Crippen LogP) is 4.42. The number of hydrogen-bond acceptors (Lipinski definition) is 9. The molecular weight excluding hydrogens is 480 g/mol. The highest BCUT2D eigenvalue weighted by Gasteiger charge is 2.22. The molecule has 0 spiro atoms. The van der Waals surface area contributed by atoms with Crippen LogP contribution < -0.4 is 25.6 Å². The monoisotopic (exact) mass is 512 g/mol. The molecule has 10 nitrogen and oxygen atoms in total. The second-order valence-electron chi connectivity index (χ2n) is 8.82. The number of aromatic nitrogens is 2. The molecule has 1 aliphatic rings. The maximum atomic E-state index is 12.3. The molecule has 0 unspecified atom stereocenters. The van der Waals surface area contributed by atoms with E-state index in [1.807, 2.05) is 37.3 Å². The van der Waals surface area contributed by atoms with Crippen molar-refractivity contribution in [3.8, 4) is 11.8 Å². The lowest BCUT2D eigenvalue weighted by Gasteiger charge is -2.36. The second-order valence-corrected chi connectivity index (χ2v) is 8.82. The van der Waals surface area contributed by atoms with E-state index in [1.165, 1.54) is 6.08 Å². The van der Waals surface area contributed by atoms with E-state index in [9.17, 15) is 10.1 Å². The molecule has 0 aliphatic carbocycles. The Bertz CT molecular complexity index is 1360. The van der Waals surface area contributed by atoms with Crippen molar-refractivity contribution in [3.05, 3.63) is 66.4 Å². The summed E-state index contributed by atoms with van der Waals surface area (Å²) in [7, 11) is 1.60. The third kappa shape index (κ3) is 6.02. The molecular formula is C28H32N8O2. The van der Waals surface area contributed by atoms with Gasteiger partial charge in [0.2, 0.25) is 11.9 Å². The first-order valence-corrected chi connectivity index (χ1v) is 12.4. The summed E-state index contributed by atoms with van der Waals surface area (Å²) >= 11 is 0. The van der Waals surface area contributed by atoms with Crippen LogP contribution in [0.4, 0.5) is 34.5 Å².